The number of hydrogen-bond donors (Lipinski definition) is 4. The van der Waals surface area contributed by atoms with Crippen LogP contribution in [0.25, 0.3) is 11.6 Å². The first-order chi connectivity index (χ1) is 16.6. The van der Waals surface area contributed by atoms with Crippen molar-refractivity contribution in [1.29, 1.82) is 0 Å². The quantitative estimate of drug-likeness (QED) is 0.323. The molecule has 0 aliphatic carbocycles. The molecule has 2 heterocycles. The molecule has 3 amide bonds. The molecule has 1 aliphatic rings. The molecular weight excluding hydrogens is 428 g/mol. The summed E-state index contributed by atoms with van der Waals surface area (Å²) < 4.78 is 0. The summed E-state index contributed by atoms with van der Waals surface area (Å²) in [6.45, 7) is 0. The van der Waals surface area contributed by atoms with Crippen molar-refractivity contribution < 1.29 is 14.4 Å². The van der Waals surface area contributed by atoms with Crippen LogP contribution in [0.3, 0.4) is 0 Å². The molecular formula is C27H20N4O3. The highest BCUT2D eigenvalue weighted by molar-refractivity contribution is 6.35. The third-order valence-corrected chi connectivity index (χ3v) is 5.40. The zero-order chi connectivity index (χ0) is 23.5. The summed E-state index contributed by atoms with van der Waals surface area (Å²) in [5, 5.41) is 8.48. The summed E-state index contributed by atoms with van der Waals surface area (Å²) in [5.74, 6) is -0.781. The maximum atomic E-state index is 12.9. The van der Waals surface area contributed by atoms with Gasteiger partial charge in [0.2, 0.25) is 0 Å². The van der Waals surface area contributed by atoms with Crippen molar-refractivity contribution in [1.82, 2.24) is 4.98 Å². The number of aromatic amines is 1. The average Bonchev–Trinajstić information content (AvgIpc) is 3.47. The predicted molar refractivity (Wildman–Crippen MR) is 133 cm³/mol. The molecule has 7 heteroatoms. The molecule has 4 N–H and O–H groups in total. The second-order valence-corrected chi connectivity index (χ2v) is 7.75. The molecule has 3 aromatic carbocycles. The van der Waals surface area contributed by atoms with Crippen LogP contribution in [0, 0.1) is 0 Å². The van der Waals surface area contributed by atoms with E-state index >= 15 is 0 Å². The summed E-state index contributed by atoms with van der Waals surface area (Å²) in [5.41, 5.74) is 4.71. The van der Waals surface area contributed by atoms with Crippen molar-refractivity contribution in [2.45, 2.75) is 0 Å². The first-order valence-electron chi connectivity index (χ1n) is 10.7. The number of fused-ring (bicyclic) bond motifs is 1. The smallest absolute Gasteiger partial charge is 0.256 e. The van der Waals surface area contributed by atoms with Crippen molar-refractivity contribution in [3.63, 3.8) is 0 Å². The van der Waals surface area contributed by atoms with Crippen LogP contribution in [0.15, 0.2) is 91.1 Å². The minimum Gasteiger partial charge on any atom is -0.362 e. The number of nitrogens with one attached hydrogen (secondary N) is 4. The van der Waals surface area contributed by atoms with E-state index in [4.69, 9.17) is 0 Å². The Balaban J connectivity index is 1.31. The number of amides is 3. The van der Waals surface area contributed by atoms with E-state index in [1.54, 1.807) is 79.0 Å². The minimum atomic E-state index is -0.328. The number of rotatable bonds is 5. The summed E-state index contributed by atoms with van der Waals surface area (Å²) in [4.78, 5) is 40.7. The van der Waals surface area contributed by atoms with Gasteiger partial charge in [-0.05, 0) is 60.7 Å². The van der Waals surface area contributed by atoms with Crippen LogP contribution >= 0.6 is 0 Å². The second kappa shape index (κ2) is 8.91. The minimum absolute atomic E-state index is 0.219. The third kappa shape index (κ3) is 4.35. The van der Waals surface area contributed by atoms with Gasteiger partial charge in [-0.2, -0.15) is 0 Å². The first kappa shape index (κ1) is 21.0. The van der Waals surface area contributed by atoms with Gasteiger partial charge in [-0.15, -0.1) is 0 Å². The van der Waals surface area contributed by atoms with E-state index in [0.29, 0.717) is 33.8 Å². The molecule has 1 aromatic heterocycles. The van der Waals surface area contributed by atoms with Crippen LogP contribution < -0.4 is 16.0 Å². The van der Waals surface area contributed by atoms with E-state index in [1.165, 1.54) is 0 Å². The Labute approximate surface area is 195 Å². The molecule has 0 bridgehead atoms. The van der Waals surface area contributed by atoms with Gasteiger partial charge in [-0.25, -0.2) is 0 Å². The molecule has 0 unspecified atom stereocenters. The van der Waals surface area contributed by atoms with Gasteiger partial charge in [-0.1, -0.05) is 30.3 Å². The molecule has 0 atom stereocenters. The van der Waals surface area contributed by atoms with Crippen molar-refractivity contribution >= 4 is 46.4 Å². The molecule has 0 saturated carbocycles. The lowest BCUT2D eigenvalue weighted by molar-refractivity contribution is -0.110. The zero-order valence-electron chi connectivity index (χ0n) is 18.0. The van der Waals surface area contributed by atoms with E-state index in [0.717, 1.165) is 11.3 Å². The maximum Gasteiger partial charge on any atom is 0.256 e. The molecule has 7 nitrogen and oxygen atoms in total. The van der Waals surface area contributed by atoms with Gasteiger partial charge in [0, 0.05) is 45.6 Å². The Bertz CT molecular complexity index is 1420. The van der Waals surface area contributed by atoms with Gasteiger partial charge in [0.15, 0.2) is 0 Å². The van der Waals surface area contributed by atoms with E-state index in [-0.39, 0.29) is 17.7 Å². The van der Waals surface area contributed by atoms with Gasteiger partial charge < -0.3 is 20.9 Å². The van der Waals surface area contributed by atoms with E-state index < -0.39 is 0 Å². The predicted octanol–water partition coefficient (Wildman–Crippen LogP) is 5.01. The van der Waals surface area contributed by atoms with Crippen LogP contribution in [-0.4, -0.2) is 22.7 Å². The fourth-order valence-corrected chi connectivity index (χ4v) is 3.74. The first-order valence-corrected chi connectivity index (χ1v) is 10.7. The summed E-state index contributed by atoms with van der Waals surface area (Å²) >= 11 is 0. The van der Waals surface area contributed by atoms with E-state index in [9.17, 15) is 14.4 Å². The van der Waals surface area contributed by atoms with Crippen LogP contribution in [0.4, 0.5) is 17.1 Å². The number of hydrogen-bond acceptors (Lipinski definition) is 3. The summed E-state index contributed by atoms with van der Waals surface area (Å²) in [6.07, 6.45) is 3.56. The maximum absolute atomic E-state index is 12.9. The normalized spacial score (nSPS) is 13.3. The topological polar surface area (TPSA) is 103 Å². The lowest BCUT2D eigenvalue weighted by Gasteiger charge is -2.10. The molecule has 0 spiro atoms. The summed E-state index contributed by atoms with van der Waals surface area (Å²) in [7, 11) is 0. The number of aromatic nitrogens is 1. The zero-order valence-corrected chi connectivity index (χ0v) is 18.0. The Kier molecular flexibility index (Phi) is 5.50. The summed E-state index contributed by atoms with van der Waals surface area (Å²) in [6, 6.07) is 24.6. The molecule has 34 heavy (non-hydrogen) atoms. The van der Waals surface area contributed by atoms with Gasteiger partial charge in [0.1, 0.15) is 0 Å². The molecule has 5 rings (SSSR count). The second-order valence-electron chi connectivity index (χ2n) is 7.75. The Hall–Kier alpha value is -4.91. The van der Waals surface area contributed by atoms with Crippen LogP contribution in [0.1, 0.15) is 32.0 Å². The molecule has 0 radical (unpaired) electrons. The number of carbonyl (C=O) groups excluding carboxylic acids is 3. The highest BCUT2D eigenvalue weighted by Crippen LogP contribution is 2.34. The molecule has 1 aliphatic heterocycles. The van der Waals surface area contributed by atoms with Crippen molar-refractivity contribution in [2.24, 2.45) is 0 Å². The largest absolute Gasteiger partial charge is 0.362 e. The average molecular weight is 448 g/mol. The number of benzene rings is 3. The van der Waals surface area contributed by atoms with Gasteiger partial charge >= 0.3 is 0 Å². The fraction of sp³-hybridized carbons (Fsp3) is 0. The van der Waals surface area contributed by atoms with Crippen LogP contribution in [-0.2, 0) is 4.79 Å². The number of anilines is 3. The lowest BCUT2D eigenvalue weighted by atomic mass is 10.0. The highest BCUT2D eigenvalue weighted by atomic mass is 16.2. The Morgan fingerprint density at radius 1 is 0.735 bits per heavy atom. The van der Waals surface area contributed by atoms with Crippen LogP contribution in [0.2, 0.25) is 0 Å². The number of H-pyrrole nitrogens is 1. The Morgan fingerprint density at radius 2 is 1.47 bits per heavy atom. The van der Waals surface area contributed by atoms with Gasteiger partial charge in [0.05, 0.1) is 5.57 Å². The van der Waals surface area contributed by atoms with E-state index in [1.807, 2.05) is 18.2 Å². The molecule has 0 fully saturated rings. The van der Waals surface area contributed by atoms with Crippen LogP contribution in [0.5, 0.6) is 0 Å². The van der Waals surface area contributed by atoms with Crippen molar-refractivity contribution in [3.8, 4) is 0 Å². The highest BCUT2D eigenvalue weighted by Gasteiger charge is 2.25. The molecule has 0 saturated heterocycles. The standard InChI is InChI=1S/C27H20N4O3/c32-25(17-6-2-1-3-7-17)29-20-8-4-9-21(15-20)30-26(33)18-11-12-22-23(16-19-10-5-13-28-19)27(34)31-24(22)14-18/h1-16,28H,(H,29,32)(H,30,33)(H,31,34). The SMILES string of the molecule is O=C1Nc2cc(C(=O)Nc3cccc(NC(=O)c4ccccc4)c3)ccc2C1=Cc1ccc[nH]1. The fourth-order valence-electron chi connectivity index (χ4n) is 3.74. The third-order valence-electron chi connectivity index (χ3n) is 5.40. The number of carbonyl (C=O) groups is 3. The molecule has 166 valence electrons. The molecule has 4 aromatic rings. The van der Waals surface area contributed by atoms with E-state index in [2.05, 4.69) is 20.9 Å². The lowest BCUT2D eigenvalue weighted by Crippen LogP contribution is -2.14. The van der Waals surface area contributed by atoms with Crippen molar-refractivity contribution in [3.05, 3.63) is 114 Å². The van der Waals surface area contributed by atoms with Gasteiger partial charge in [0.25, 0.3) is 17.7 Å². The van der Waals surface area contributed by atoms with Crippen molar-refractivity contribution in [2.75, 3.05) is 16.0 Å². The Morgan fingerprint density at radius 3 is 2.18 bits per heavy atom. The van der Waals surface area contributed by atoms with Gasteiger partial charge in [-0.3, -0.25) is 14.4 Å². The monoisotopic (exact) mass is 448 g/mol.